The van der Waals surface area contributed by atoms with Gasteiger partial charge in [-0.05, 0) is 105 Å². The Bertz CT molecular complexity index is 1240. The number of aryl methyl sites for hydroxylation is 1. The van der Waals surface area contributed by atoms with Crippen molar-refractivity contribution in [3.63, 3.8) is 0 Å². The molecule has 0 amide bonds. The van der Waals surface area contributed by atoms with Crippen molar-refractivity contribution < 1.29 is 32.5 Å². The van der Waals surface area contributed by atoms with Gasteiger partial charge in [0.15, 0.2) is 0 Å². The number of rotatable bonds is 8. The predicted octanol–water partition coefficient (Wildman–Crippen LogP) is 6.39. The molecule has 2 aromatic rings. The number of terminal acetylenes is 1. The standard InChI is InChI=1S/C31H34F3NO4/c1-3-20-4-10-27(39-31(32,33)34)25(16-20)18-35-14-12-22(13-15-35)26-11-9-21-5-8-24(17-28(21)38-26)29(23-6-7-23)19(2)30(36)37/h1,4-5,8,10,16-17,19,22-23,26,29H,6-7,9,11-15,18H2,2H3,(H,36,37)/t19?,26-,29?/m1/s1. The number of fused-ring (bicyclic) bond motifs is 1. The lowest BCUT2D eigenvalue weighted by Gasteiger charge is -2.38. The fourth-order valence-electron chi connectivity index (χ4n) is 6.27. The Morgan fingerprint density at radius 3 is 2.54 bits per heavy atom. The second-order valence-electron chi connectivity index (χ2n) is 11.2. The van der Waals surface area contributed by atoms with Crippen molar-refractivity contribution >= 4 is 5.97 Å². The lowest BCUT2D eigenvalue weighted by Crippen LogP contribution is -2.40. The minimum Gasteiger partial charge on any atom is -0.490 e. The van der Waals surface area contributed by atoms with Crippen LogP contribution in [0.25, 0.3) is 0 Å². The number of aliphatic carboxylic acids is 1. The van der Waals surface area contributed by atoms with E-state index in [0.29, 0.717) is 29.5 Å². The number of carboxylic acids is 1. The molecule has 5 nitrogen and oxygen atoms in total. The molecule has 2 aromatic carbocycles. The number of carbonyl (C=O) groups is 1. The number of benzene rings is 2. The zero-order valence-electron chi connectivity index (χ0n) is 22.0. The fourth-order valence-corrected chi connectivity index (χ4v) is 6.27. The topological polar surface area (TPSA) is 59.0 Å². The van der Waals surface area contributed by atoms with Crippen molar-refractivity contribution in [1.29, 1.82) is 0 Å². The molecule has 0 spiro atoms. The number of piperidine rings is 1. The fraction of sp³-hybridized carbons (Fsp3) is 0.516. The first-order valence-corrected chi connectivity index (χ1v) is 13.7. The maximum absolute atomic E-state index is 12.9. The summed E-state index contributed by atoms with van der Waals surface area (Å²) in [6.45, 7) is 3.60. The number of carboxylic acid groups (broad SMARTS) is 1. The third kappa shape index (κ3) is 6.52. The average molecular weight is 542 g/mol. The van der Waals surface area contributed by atoms with Crippen LogP contribution < -0.4 is 9.47 Å². The van der Waals surface area contributed by atoms with E-state index in [-0.39, 0.29) is 17.8 Å². The Morgan fingerprint density at radius 1 is 1.15 bits per heavy atom. The normalized spacial score (nSPS) is 21.8. The second kappa shape index (κ2) is 11.1. The summed E-state index contributed by atoms with van der Waals surface area (Å²) in [4.78, 5) is 13.9. The van der Waals surface area contributed by atoms with Gasteiger partial charge in [-0.1, -0.05) is 25.0 Å². The number of alkyl halides is 3. The average Bonchev–Trinajstić information content (AvgIpc) is 3.74. The summed E-state index contributed by atoms with van der Waals surface area (Å²) in [6.07, 6.45) is 6.50. The molecule has 2 fully saturated rings. The highest BCUT2D eigenvalue weighted by molar-refractivity contribution is 5.71. The molecule has 2 unspecified atom stereocenters. The van der Waals surface area contributed by atoms with E-state index in [2.05, 4.69) is 33.8 Å². The van der Waals surface area contributed by atoms with Crippen molar-refractivity contribution in [3.05, 3.63) is 58.7 Å². The Balaban J connectivity index is 1.22. The minimum absolute atomic E-state index is 0.000736. The number of ether oxygens (including phenoxy) is 2. The minimum atomic E-state index is -4.77. The summed E-state index contributed by atoms with van der Waals surface area (Å²) >= 11 is 0. The number of halogens is 3. The molecule has 5 rings (SSSR count). The van der Waals surface area contributed by atoms with Crippen LogP contribution in [0.15, 0.2) is 36.4 Å². The van der Waals surface area contributed by atoms with Crippen LogP contribution in [-0.4, -0.2) is 41.5 Å². The van der Waals surface area contributed by atoms with Gasteiger partial charge >= 0.3 is 12.3 Å². The van der Waals surface area contributed by atoms with Gasteiger partial charge < -0.3 is 14.6 Å². The van der Waals surface area contributed by atoms with E-state index in [0.717, 1.165) is 68.5 Å². The van der Waals surface area contributed by atoms with Gasteiger partial charge in [0, 0.05) is 17.7 Å². The van der Waals surface area contributed by atoms with Gasteiger partial charge in [-0.3, -0.25) is 9.69 Å². The lowest BCUT2D eigenvalue weighted by molar-refractivity contribution is -0.275. The maximum Gasteiger partial charge on any atom is 0.573 e. The molecule has 2 aliphatic heterocycles. The van der Waals surface area contributed by atoms with Crippen LogP contribution in [-0.2, 0) is 17.8 Å². The molecule has 39 heavy (non-hydrogen) atoms. The zero-order valence-corrected chi connectivity index (χ0v) is 22.0. The second-order valence-corrected chi connectivity index (χ2v) is 11.2. The van der Waals surface area contributed by atoms with Gasteiger partial charge in [-0.2, -0.15) is 0 Å². The number of nitrogens with zero attached hydrogens (tertiary/aromatic N) is 1. The summed E-state index contributed by atoms with van der Waals surface area (Å²) in [7, 11) is 0. The smallest absolute Gasteiger partial charge is 0.490 e. The molecule has 1 saturated carbocycles. The van der Waals surface area contributed by atoms with Crippen LogP contribution in [0.1, 0.15) is 67.2 Å². The van der Waals surface area contributed by atoms with E-state index < -0.39 is 18.2 Å². The van der Waals surface area contributed by atoms with Gasteiger partial charge in [0.05, 0.1) is 5.92 Å². The molecule has 208 valence electrons. The van der Waals surface area contributed by atoms with Crippen molar-refractivity contribution in [3.8, 4) is 23.8 Å². The number of hydrogen-bond donors (Lipinski definition) is 1. The van der Waals surface area contributed by atoms with Crippen LogP contribution in [0.2, 0.25) is 0 Å². The molecule has 1 aliphatic carbocycles. The first kappa shape index (κ1) is 27.4. The Morgan fingerprint density at radius 2 is 1.90 bits per heavy atom. The highest BCUT2D eigenvalue weighted by atomic mass is 19.4. The third-order valence-electron chi connectivity index (χ3n) is 8.52. The molecule has 0 bridgehead atoms. The van der Waals surface area contributed by atoms with Gasteiger partial charge in [-0.15, -0.1) is 19.6 Å². The molecule has 0 radical (unpaired) electrons. The Labute approximate surface area is 227 Å². The summed E-state index contributed by atoms with van der Waals surface area (Å²) in [5.41, 5.74) is 3.16. The summed E-state index contributed by atoms with van der Waals surface area (Å²) < 4.78 is 49.5. The predicted molar refractivity (Wildman–Crippen MR) is 141 cm³/mol. The van der Waals surface area contributed by atoms with E-state index >= 15 is 0 Å². The van der Waals surface area contributed by atoms with E-state index in [1.54, 1.807) is 13.0 Å². The third-order valence-corrected chi connectivity index (χ3v) is 8.52. The van der Waals surface area contributed by atoms with Gasteiger partial charge in [0.1, 0.15) is 17.6 Å². The van der Waals surface area contributed by atoms with E-state index in [1.165, 1.54) is 12.1 Å². The van der Waals surface area contributed by atoms with Gasteiger partial charge in [0.2, 0.25) is 0 Å². The monoisotopic (exact) mass is 541 g/mol. The highest BCUT2D eigenvalue weighted by Gasteiger charge is 2.39. The largest absolute Gasteiger partial charge is 0.573 e. The van der Waals surface area contributed by atoms with Crippen LogP contribution in [0.3, 0.4) is 0 Å². The van der Waals surface area contributed by atoms with Crippen molar-refractivity contribution in [2.24, 2.45) is 17.8 Å². The molecule has 0 aromatic heterocycles. The van der Waals surface area contributed by atoms with Crippen molar-refractivity contribution in [2.75, 3.05) is 13.1 Å². The Hall–Kier alpha value is -3.18. The molecular formula is C31H34F3NO4. The Kier molecular flexibility index (Phi) is 7.82. The molecule has 1 saturated heterocycles. The molecule has 3 aliphatic rings. The van der Waals surface area contributed by atoms with E-state index in [4.69, 9.17) is 11.2 Å². The molecule has 2 heterocycles. The maximum atomic E-state index is 12.9. The van der Waals surface area contributed by atoms with E-state index in [1.807, 2.05) is 0 Å². The van der Waals surface area contributed by atoms with Crippen molar-refractivity contribution in [2.45, 2.75) is 70.4 Å². The summed E-state index contributed by atoms with van der Waals surface area (Å²) in [6, 6.07) is 10.6. The molecule has 1 N–H and O–H groups in total. The quantitative estimate of drug-likeness (QED) is 0.393. The number of likely N-dealkylation sites (tertiary alicyclic amines) is 1. The molecular weight excluding hydrogens is 507 g/mol. The van der Waals surface area contributed by atoms with Gasteiger partial charge in [-0.25, -0.2) is 0 Å². The first-order valence-electron chi connectivity index (χ1n) is 13.7. The van der Waals surface area contributed by atoms with Crippen LogP contribution in [0, 0.1) is 30.1 Å². The van der Waals surface area contributed by atoms with Crippen molar-refractivity contribution in [1.82, 2.24) is 4.90 Å². The zero-order chi connectivity index (χ0) is 27.7. The SMILES string of the molecule is C#Cc1ccc(OC(F)(F)F)c(CN2CCC([C@H]3CCc4ccc(C(C5CC5)C(C)C(=O)O)cc4O3)CC2)c1. The summed E-state index contributed by atoms with van der Waals surface area (Å²) in [5.74, 6) is 2.69. The van der Waals surface area contributed by atoms with E-state index in [9.17, 15) is 23.1 Å². The first-order chi connectivity index (χ1) is 18.6. The highest BCUT2D eigenvalue weighted by Crippen LogP contribution is 2.48. The van der Waals surface area contributed by atoms with Crippen LogP contribution in [0.5, 0.6) is 11.5 Å². The van der Waals surface area contributed by atoms with Crippen LogP contribution >= 0.6 is 0 Å². The van der Waals surface area contributed by atoms with Crippen LogP contribution in [0.4, 0.5) is 13.2 Å². The molecule has 8 heteroatoms. The number of hydrogen-bond acceptors (Lipinski definition) is 4. The summed E-state index contributed by atoms with van der Waals surface area (Å²) in [5, 5.41) is 9.65. The molecule has 3 atom stereocenters. The van der Waals surface area contributed by atoms with Gasteiger partial charge in [0.25, 0.3) is 0 Å². The lowest BCUT2D eigenvalue weighted by atomic mass is 9.81.